The minimum atomic E-state index is 0.103. The standard InChI is InChI=1S/C12H14Cl4O2S2/c13-9-7(5-19-3-1-17)8(6-20-4-2-18)10(14)12(16)11(9)15/h17-18H,1-6H2. The van der Waals surface area contributed by atoms with Gasteiger partial charge in [-0.05, 0) is 11.1 Å². The Bertz CT molecular complexity index is 417. The molecule has 0 aliphatic heterocycles. The Morgan fingerprint density at radius 1 is 0.650 bits per heavy atom. The lowest BCUT2D eigenvalue weighted by Gasteiger charge is -2.16. The first-order valence-electron chi connectivity index (χ1n) is 5.75. The molecule has 2 N–H and O–H groups in total. The van der Waals surface area contributed by atoms with E-state index in [1.54, 1.807) is 23.5 Å². The molecule has 2 nitrogen and oxygen atoms in total. The average Bonchev–Trinajstić information content (AvgIpc) is 2.45. The summed E-state index contributed by atoms with van der Waals surface area (Å²) in [4.78, 5) is 0. The van der Waals surface area contributed by atoms with Gasteiger partial charge in [-0.1, -0.05) is 46.4 Å². The van der Waals surface area contributed by atoms with Crippen molar-refractivity contribution in [2.24, 2.45) is 0 Å². The lowest BCUT2D eigenvalue weighted by molar-refractivity contribution is 0.322. The molecule has 0 heterocycles. The van der Waals surface area contributed by atoms with E-state index < -0.39 is 0 Å². The molecule has 8 heteroatoms. The maximum atomic E-state index is 8.85. The molecule has 0 atom stereocenters. The third-order valence-electron chi connectivity index (χ3n) is 2.44. The highest BCUT2D eigenvalue weighted by molar-refractivity contribution is 7.98. The van der Waals surface area contributed by atoms with Gasteiger partial charge in [0.1, 0.15) is 0 Å². The van der Waals surface area contributed by atoms with Crippen LogP contribution in [0.15, 0.2) is 0 Å². The fraction of sp³-hybridized carbons (Fsp3) is 0.500. The number of benzene rings is 1. The molecule has 0 aromatic heterocycles. The highest BCUT2D eigenvalue weighted by atomic mass is 35.5. The Morgan fingerprint density at radius 2 is 1.00 bits per heavy atom. The topological polar surface area (TPSA) is 40.5 Å². The molecule has 114 valence electrons. The first-order valence-corrected chi connectivity index (χ1v) is 9.57. The predicted molar refractivity (Wildman–Crippen MR) is 93.0 cm³/mol. The van der Waals surface area contributed by atoms with Gasteiger partial charge in [0.15, 0.2) is 0 Å². The van der Waals surface area contributed by atoms with E-state index >= 15 is 0 Å². The van der Waals surface area contributed by atoms with E-state index in [0.717, 1.165) is 11.1 Å². The normalized spacial score (nSPS) is 11.1. The molecule has 20 heavy (non-hydrogen) atoms. The largest absolute Gasteiger partial charge is 0.396 e. The van der Waals surface area contributed by atoms with Crippen molar-refractivity contribution in [3.05, 3.63) is 31.2 Å². The van der Waals surface area contributed by atoms with Gasteiger partial charge in [-0.3, -0.25) is 0 Å². The molecule has 0 aliphatic rings. The fourth-order valence-electron chi connectivity index (χ4n) is 1.50. The number of hydrogen-bond donors (Lipinski definition) is 2. The lowest BCUT2D eigenvalue weighted by atomic mass is 10.1. The van der Waals surface area contributed by atoms with E-state index in [9.17, 15) is 0 Å². The van der Waals surface area contributed by atoms with Crippen molar-refractivity contribution in [2.45, 2.75) is 11.5 Å². The van der Waals surface area contributed by atoms with Crippen LogP contribution in [0.5, 0.6) is 0 Å². The number of thioether (sulfide) groups is 2. The lowest BCUT2D eigenvalue weighted by Crippen LogP contribution is -1.99. The van der Waals surface area contributed by atoms with Crippen LogP contribution in [-0.4, -0.2) is 34.9 Å². The van der Waals surface area contributed by atoms with E-state index in [-0.39, 0.29) is 23.3 Å². The van der Waals surface area contributed by atoms with Crippen LogP contribution in [0.1, 0.15) is 11.1 Å². The minimum absolute atomic E-state index is 0.103. The average molecular weight is 396 g/mol. The Balaban J connectivity index is 3.08. The second kappa shape index (κ2) is 9.90. The first-order chi connectivity index (χ1) is 9.54. The molecule has 1 aromatic rings. The van der Waals surface area contributed by atoms with Crippen LogP contribution in [-0.2, 0) is 11.5 Å². The van der Waals surface area contributed by atoms with Crippen LogP contribution in [0.25, 0.3) is 0 Å². The maximum absolute atomic E-state index is 8.85. The Labute approximate surface area is 147 Å². The summed E-state index contributed by atoms with van der Waals surface area (Å²) in [5, 5.41) is 19.0. The smallest absolute Gasteiger partial charge is 0.0797 e. The molecule has 0 unspecified atom stereocenters. The van der Waals surface area contributed by atoms with Crippen LogP contribution in [0.3, 0.4) is 0 Å². The van der Waals surface area contributed by atoms with Gasteiger partial charge in [-0.25, -0.2) is 0 Å². The van der Waals surface area contributed by atoms with Crippen LogP contribution in [0, 0.1) is 0 Å². The molecule has 0 amide bonds. The van der Waals surface area contributed by atoms with Gasteiger partial charge < -0.3 is 10.2 Å². The van der Waals surface area contributed by atoms with Gasteiger partial charge in [0.2, 0.25) is 0 Å². The zero-order valence-corrected chi connectivity index (χ0v) is 15.1. The quantitative estimate of drug-likeness (QED) is 0.378. The molecule has 0 radical (unpaired) electrons. The molecular formula is C12H14Cl4O2S2. The van der Waals surface area contributed by atoms with Gasteiger partial charge >= 0.3 is 0 Å². The summed E-state index contributed by atoms with van der Waals surface area (Å²) >= 11 is 27.8. The van der Waals surface area contributed by atoms with Crippen molar-refractivity contribution in [3.63, 3.8) is 0 Å². The van der Waals surface area contributed by atoms with Crippen molar-refractivity contribution in [3.8, 4) is 0 Å². The first kappa shape index (κ1) is 19.0. The monoisotopic (exact) mass is 394 g/mol. The predicted octanol–water partition coefficient (Wildman–Crippen LogP) is 4.75. The molecule has 0 spiro atoms. The van der Waals surface area contributed by atoms with Gasteiger partial charge in [0.25, 0.3) is 0 Å². The third-order valence-corrected chi connectivity index (χ3v) is 6.24. The highest BCUT2D eigenvalue weighted by Gasteiger charge is 2.20. The second-order valence-corrected chi connectivity index (χ2v) is 7.49. The van der Waals surface area contributed by atoms with E-state index in [2.05, 4.69) is 0 Å². The van der Waals surface area contributed by atoms with E-state index in [1.165, 1.54) is 0 Å². The summed E-state index contributed by atoms with van der Waals surface area (Å²) in [6.45, 7) is 0.206. The van der Waals surface area contributed by atoms with E-state index in [4.69, 9.17) is 56.6 Å². The van der Waals surface area contributed by atoms with Crippen molar-refractivity contribution in [1.29, 1.82) is 0 Å². The Morgan fingerprint density at radius 3 is 1.30 bits per heavy atom. The summed E-state index contributed by atoms with van der Waals surface area (Å²) in [5.74, 6) is 2.42. The van der Waals surface area contributed by atoms with Crippen molar-refractivity contribution in [1.82, 2.24) is 0 Å². The molecule has 0 bridgehead atoms. The summed E-state index contributed by atoms with van der Waals surface area (Å²) in [5.41, 5.74) is 1.69. The fourth-order valence-corrected chi connectivity index (χ4v) is 4.32. The molecule has 0 saturated heterocycles. The SMILES string of the molecule is OCCSCc1c(Cl)c(Cl)c(Cl)c(Cl)c1CSCCO. The van der Waals surface area contributed by atoms with Crippen LogP contribution in [0.4, 0.5) is 0 Å². The van der Waals surface area contributed by atoms with Crippen molar-refractivity contribution >= 4 is 69.9 Å². The Hall–Kier alpha value is 1.000. The minimum Gasteiger partial charge on any atom is -0.396 e. The number of hydrogen-bond acceptors (Lipinski definition) is 4. The zero-order valence-electron chi connectivity index (χ0n) is 10.5. The molecule has 1 aromatic carbocycles. The van der Waals surface area contributed by atoms with Crippen LogP contribution in [0.2, 0.25) is 20.1 Å². The van der Waals surface area contributed by atoms with Crippen LogP contribution >= 0.6 is 69.9 Å². The van der Waals surface area contributed by atoms with Crippen molar-refractivity contribution in [2.75, 3.05) is 24.7 Å². The number of rotatable bonds is 8. The van der Waals surface area contributed by atoms with E-state index in [0.29, 0.717) is 33.1 Å². The molecule has 0 saturated carbocycles. The molecule has 1 rings (SSSR count). The number of aliphatic hydroxyl groups excluding tert-OH is 2. The maximum Gasteiger partial charge on any atom is 0.0797 e. The van der Waals surface area contributed by atoms with Crippen LogP contribution < -0.4 is 0 Å². The summed E-state index contributed by atoms with van der Waals surface area (Å²) < 4.78 is 0. The highest BCUT2D eigenvalue weighted by Crippen LogP contribution is 2.43. The van der Waals surface area contributed by atoms with Gasteiger partial charge in [-0.15, -0.1) is 0 Å². The zero-order chi connectivity index (χ0) is 15.1. The Kier molecular flexibility index (Phi) is 9.43. The molecule has 0 aliphatic carbocycles. The molecule has 0 fully saturated rings. The van der Waals surface area contributed by atoms with Gasteiger partial charge in [0, 0.05) is 23.0 Å². The summed E-state index contributed by atoms with van der Waals surface area (Å²) in [6, 6.07) is 0. The summed E-state index contributed by atoms with van der Waals surface area (Å²) in [6.07, 6.45) is 0. The van der Waals surface area contributed by atoms with Crippen molar-refractivity contribution < 1.29 is 10.2 Å². The van der Waals surface area contributed by atoms with Gasteiger partial charge in [-0.2, -0.15) is 23.5 Å². The second-order valence-electron chi connectivity index (χ2n) is 3.77. The number of halogens is 4. The van der Waals surface area contributed by atoms with Gasteiger partial charge in [0.05, 0.1) is 33.3 Å². The molecular weight excluding hydrogens is 382 g/mol. The number of aliphatic hydroxyl groups is 2. The summed E-state index contributed by atoms with van der Waals surface area (Å²) in [7, 11) is 0. The van der Waals surface area contributed by atoms with E-state index in [1.807, 2.05) is 0 Å². The third kappa shape index (κ3) is 5.03.